The van der Waals surface area contributed by atoms with E-state index in [-0.39, 0.29) is 17.2 Å². The van der Waals surface area contributed by atoms with Crippen LogP contribution in [0.25, 0.3) is 10.8 Å². The van der Waals surface area contributed by atoms with Gasteiger partial charge in [0, 0.05) is 17.0 Å². The van der Waals surface area contributed by atoms with Gasteiger partial charge < -0.3 is 5.11 Å². The van der Waals surface area contributed by atoms with Gasteiger partial charge in [-0.15, -0.1) is 0 Å². The van der Waals surface area contributed by atoms with Gasteiger partial charge >= 0.3 is 0 Å². The average Bonchev–Trinajstić information content (AvgIpc) is 2.89. The molecule has 4 nitrogen and oxygen atoms in total. The molecule has 1 fully saturated rings. The number of nitrogens with zero attached hydrogens (tertiary/aromatic N) is 1. The molecule has 0 spiro atoms. The van der Waals surface area contributed by atoms with E-state index in [1.165, 1.54) is 0 Å². The Bertz CT molecular complexity index is 823. The van der Waals surface area contributed by atoms with Crippen LogP contribution >= 0.6 is 0 Å². The van der Waals surface area contributed by atoms with Crippen molar-refractivity contribution in [1.82, 2.24) is 5.43 Å². The van der Waals surface area contributed by atoms with Crippen molar-refractivity contribution in [1.29, 1.82) is 0 Å². The van der Waals surface area contributed by atoms with Crippen molar-refractivity contribution in [2.45, 2.75) is 12.8 Å². The van der Waals surface area contributed by atoms with Crippen molar-refractivity contribution in [2.75, 3.05) is 0 Å². The third-order valence-corrected chi connectivity index (χ3v) is 4.61. The summed E-state index contributed by atoms with van der Waals surface area (Å²) in [5, 5.41) is 16.1. The second-order valence-corrected chi connectivity index (χ2v) is 5.87. The fourth-order valence-electron chi connectivity index (χ4n) is 3.28. The van der Waals surface area contributed by atoms with Gasteiger partial charge in [-0.25, -0.2) is 5.43 Å². The molecule has 0 heterocycles. The second kappa shape index (κ2) is 4.98. The van der Waals surface area contributed by atoms with E-state index in [0.29, 0.717) is 17.2 Å². The Hall–Kier alpha value is -2.62. The number of phenolic OH excluding ortho intramolecular Hbond substituents is 1. The summed E-state index contributed by atoms with van der Waals surface area (Å²) in [7, 11) is 0. The lowest BCUT2D eigenvalue weighted by atomic mass is 9.74. The molecule has 110 valence electrons. The van der Waals surface area contributed by atoms with Crippen molar-refractivity contribution in [2.24, 2.45) is 16.9 Å². The molecule has 2 N–H and O–H groups in total. The third-order valence-electron chi connectivity index (χ3n) is 4.61. The van der Waals surface area contributed by atoms with Crippen LogP contribution in [0.1, 0.15) is 23.2 Å². The number of allylic oxidation sites excluding steroid dienone is 2. The van der Waals surface area contributed by atoms with Gasteiger partial charge in [0.05, 0.1) is 5.56 Å². The Morgan fingerprint density at radius 1 is 1.23 bits per heavy atom. The number of hydrogen-bond acceptors (Lipinski definition) is 3. The normalized spacial score (nSPS) is 24.3. The number of carbonyl (C=O) groups is 1. The summed E-state index contributed by atoms with van der Waals surface area (Å²) in [4.78, 5) is 12.3. The number of nitrogens with one attached hydrogen (secondary N) is 1. The van der Waals surface area contributed by atoms with Gasteiger partial charge in [0.2, 0.25) is 0 Å². The molecule has 2 unspecified atom stereocenters. The molecule has 2 atom stereocenters. The van der Waals surface area contributed by atoms with Gasteiger partial charge in [0.15, 0.2) is 0 Å². The highest BCUT2D eigenvalue weighted by Crippen LogP contribution is 2.40. The van der Waals surface area contributed by atoms with E-state index in [9.17, 15) is 9.90 Å². The number of carbonyl (C=O) groups excluding carboxylic acids is 1. The predicted octanol–water partition coefficient (Wildman–Crippen LogP) is 3.23. The van der Waals surface area contributed by atoms with Crippen molar-refractivity contribution in [3.8, 4) is 5.75 Å². The zero-order valence-electron chi connectivity index (χ0n) is 12.0. The maximum atomic E-state index is 12.3. The lowest BCUT2D eigenvalue weighted by Gasteiger charge is -2.31. The highest BCUT2D eigenvalue weighted by atomic mass is 16.3. The van der Waals surface area contributed by atoms with Crippen molar-refractivity contribution in [3.63, 3.8) is 0 Å². The molecule has 2 aromatic rings. The molecular formula is C18H16N2O2. The Labute approximate surface area is 128 Å². The Morgan fingerprint density at radius 2 is 2.09 bits per heavy atom. The number of phenols is 1. The van der Waals surface area contributed by atoms with E-state index < -0.39 is 0 Å². The Kier molecular flexibility index (Phi) is 2.96. The maximum absolute atomic E-state index is 12.3. The molecule has 0 saturated heterocycles. The minimum Gasteiger partial charge on any atom is -0.506 e. The van der Waals surface area contributed by atoms with Crippen LogP contribution in [0.2, 0.25) is 0 Å². The first-order chi connectivity index (χ1) is 10.7. The topological polar surface area (TPSA) is 61.7 Å². The van der Waals surface area contributed by atoms with Gasteiger partial charge in [-0.05, 0) is 30.2 Å². The summed E-state index contributed by atoms with van der Waals surface area (Å²) in [5.41, 5.74) is 3.88. The van der Waals surface area contributed by atoms with Gasteiger partial charge in [-0.1, -0.05) is 42.5 Å². The summed E-state index contributed by atoms with van der Waals surface area (Å²) in [6.07, 6.45) is 6.33. The minimum absolute atomic E-state index is 0.00446. The van der Waals surface area contributed by atoms with Crippen LogP contribution in [0, 0.1) is 11.8 Å². The molecular weight excluding hydrogens is 276 g/mol. The van der Waals surface area contributed by atoms with Crippen LogP contribution in [0.4, 0.5) is 0 Å². The summed E-state index contributed by atoms with van der Waals surface area (Å²) in [5.74, 6) is 0.699. The smallest absolute Gasteiger partial charge is 0.275 e. The molecule has 1 saturated carbocycles. The average molecular weight is 292 g/mol. The summed E-state index contributed by atoms with van der Waals surface area (Å²) in [6.45, 7) is 0. The van der Waals surface area contributed by atoms with E-state index in [2.05, 4.69) is 22.7 Å². The van der Waals surface area contributed by atoms with E-state index >= 15 is 0 Å². The molecule has 22 heavy (non-hydrogen) atoms. The molecule has 2 aromatic carbocycles. The first-order valence-corrected chi connectivity index (χ1v) is 7.48. The van der Waals surface area contributed by atoms with Crippen LogP contribution in [-0.2, 0) is 0 Å². The highest BCUT2D eigenvalue weighted by molar-refractivity contribution is 6.04. The molecule has 4 rings (SSSR count). The van der Waals surface area contributed by atoms with Crippen molar-refractivity contribution < 1.29 is 9.90 Å². The molecule has 2 aliphatic carbocycles. The van der Waals surface area contributed by atoms with Crippen LogP contribution < -0.4 is 5.43 Å². The first-order valence-electron chi connectivity index (χ1n) is 7.48. The lowest BCUT2D eigenvalue weighted by Crippen LogP contribution is -2.35. The molecule has 0 aromatic heterocycles. The van der Waals surface area contributed by atoms with Crippen LogP contribution in [-0.4, -0.2) is 16.7 Å². The molecule has 0 aliphatic heterocycles. The summed E-state index contributed by atoms with van der Waals surface area (Å²) >= 11 is 0. The van der Waals surface area contributed by atoms with Crippen LogP contribution in [0.5, 0.6) is 5.75 Å². The van der Waals surface area contributed by atoms with E-state index in [1.807, 2.05) is 24.3 Å². The van der Waals surface area contributed by atoms with Gasteiger partial charge in [-0.2, -0.15) is 5.10 Å². The van der Waals surface area contributed by atoms with E-state index in [1.54, 1.807) is 12.1 Å². The third kappa shape index (κ3) is 1.99. The number of fused-ring (bicyclic) bond motifs is 2. The quantitative estimate of drug-likeness (QED) is 0.659. The lowest BCUT2D eigenvalue weighted by molar-refractivity contribution is 0.0951. The fraction of sp³-hybridized carbons (Fsp3) is 0.222. The fourth-order valence-corrected chi connectivity index (χ4v) is 3.28. The number of aromatic hydroxyl groups is 1. The number of hydrogen-bond donors (Lipinski definition) is 2. The van der Waals surface area contributed by atoms with Crippen LogP contribution in [0.15, 0.2) is 53.7 Å². The number of rotatable bonds is 2. The maximum Gasteiger partial charge on any atom is 0.275 e. The SMILES string of the molecule is O=C(N/N=C1\CC2C=CCC12)c1ccc2ccccc2c1O. The Morgan fingerprint density at radius 3 is 2.95 bits per heavy atom. The standard InChI is InChI=1S/C18H16N2O2/c21-17-14-6-2-1-4-11(14)8-9-15(17)18(22)20-19-16-10-12-5-3-7-13(12)16/h1-6,8-9,12-13,21H,7,10H2,(H,20,22)/b19-16+. The van der Waals surface area contributed by atoms with Crippen LogP contribution in [0.3, 0.4) is 0 Å². The van der Waals surface area contributed by atoms with E-state index in [0.717, 1.165) is 23.9 Å². The summed E-state index contributed by atoms with van der Waals surface area (Å²) in [6, 6.07) is 10.9. The zero-order chi connectivity index (χ0) is 15.1. The van der Waals surface area contributed by atoms with Gasteiger partial charge in [-0.3, -0.25) is 4.79 Å². The van der Waals surface area contributed by atoms with E-state index in [4.69, 9.17) is 0 Å². The molecule has 2 aliphatic rings. The molecule has 1 amide bonds. The molecule has 4 heteroatoms. The molecule has 0 bridgehead atoms. The largest absolute Gasteiger partial charge is 0.506 e. The highest BCUT2D eigenvalue weighted by Gasteiger charge is 2.38. The number of benzene rings is 2. The van der Waals surface area contributed by atoms with Crippen molar-refractivity contribution in [3.05, 3.63) is 54.1 Å². The van der Waals surface area contributed by atoms with Crippen molar-refractivity contribution >= 4 is 22.4 Å². The zero-order valence-corrected chi connectivity index (χ0v) is 12.0. The predicted molar refractivity (Wildman–Crippen MR) is 85.9 cm³/mol. The minimum atomic E-state index is -0.370. The van der Waals surface area contributed by atoms with Gasteiger partial charge in [0.25, 0.3) is 5.91 Å². The van der Waals surface area contributed by atoms with Gasteiger partial charge in [0.1, 0.15) is 5.75 Å². The summed E-state index contributed by atoms with van der Waals surface area (Å²) < 4.78 is 0. The molecule has 0 radical (unpaired) electrons. The number of amides is 1. The second-order valence-electron chi connectivity index (χ2n) is 5.87. The first kappa shape index (κ1) is 13.1. The number of hydrazone groups is 1. The Balaban J connectivity index is 1.56. The monoisotopic (exact) mass is 292 g/mol.